The van der Waals surface area contributed by atoms with Gasteiger partial charge >= 0.3 is 0 Å². The molecule has 1 aliphatic carbocycles. The molecule has 0 bridgehead atoms. The van der Waals surface area contributed by atoms with Gasteiger partial charge in [0.1, 0.15) is 0 Å². The second kappa shape index (κ2) is 5.64. The van der Waals surface area contributed by atoms with Crippen molar-refractivity contribution in [1.82, 2.24) is 4.90 Å². The maximum Gasteiger partial charge on any atom is 0.0476 e. The lowest BCUT2D eigenvalue weighted by Gasteiger charge is -2.33. The zero-order valence-corrected chi connectivity index (χ0v) is 12.0. The van der Waals surface area contributed by atoms with Gasteiger partial charge in [-0.05, 0) is 55.7 Å². The lowest BCUT2D eigenvalue weighted by Crippen LogP contribution is -2.37. The van der Waals surface area contributed by atoms with Gasteiger partial charge in [-0.15, -0.1) is 0 Å². The quantitative estimate of drug-likeness (QED) is 0.876. The van der Waals surface area contributed by atoms with Gasteiger partial charge in [0.15, 0.2) is 0 Å². The van der Waals surface area contributed by atoms with E-state index in [4.69, 9.17) is 5.73 Å². The van der Waals surface area contributed by atoms with Gasteiger partial charge in [0.2, 0.25) is 0 Å². The summed E-state index contributed by atoms with van der Waals surface area (Å²) in [6.07, 6.45) is 6.66. The Kier molecular flexibility index (Phi) is 3.90. The van der Waals surface area contributed by atoms with Crippen LogP contribution in [-0.2, 0) is 0 Å². The van der Waals surface area contributed by atoms with Crippen molar-refractivity contribution in [3.8, 4) is 0 Å². The Bertz CT molecular complexity index is 425. The molecule has 0 radical (unpaired) electrons. The normalized spacial score (nSPS) is 25.7. The number of nitrogens with zero attached hydrogens (tertiary/aromatic N) is 1. The molecular weight excluding hydrogens is 232 g/mol. The van der Waals surface area contributed by atoms with Crippen LogP contribution in [0.15, 0.2) is 24.3 Å². The first-order valence-electron chi connectivity index (χ1n) is 7.89. The van der Waals surface area contributed by atoms with E-state index in [-0.39, 0.29) is 0 Å². The second-order valence-corrected chi connectivity index (χ2v) is 6.10. The molecule has 1 aromatic carbocycles. The highest BCUT2D eigenvalue weighted by Gasteiger charge is 2.33. The molecule has 3 rings (SSSR count). The van der Waals surface area contributed by atoms with Gasteiger partial charge in [0.05, 0.1) is 0 Å². The Morgan fingerprint density at radius 3 is 2.74 bits per heavy atom. The Labute approximate surface area is 117 Å². The van der Waals surface area contributed by atoms with Crippen molar-refractivity contribution in [1.29, 1.82) is 0 Å². The summed E-state index contributed by atoms with van der Waals surface area (Å²) in [4.78, 5) is 2.67. The molecule has 2 nitrogen and oxygen atoms in total. The van der Waals surface area contributed by atoms with E-state index < -0.39 is 0 Å². The number of hydrogen-bond acceptors (Lipinski definition) is 2. The predicted octanol–water partition coefficient (Wildman–Crippen LogP) is 3.44. The van der Waals surface area contributed by atoms with Crippen molar-refractivity contribution in [3.05, 3.63) is 35.4 Å². The first kappa shape index (κ1) is 13.1. The molecule has 0 amide bonds. The number of rotatable bonds is 5. The van der Waals surface area contributed by atoms with Gasteiger partial charge in [-0.25, -0.2) is 0 Å². The van der Waals surface area contributed by atoms with E-state index in [2.05, 4.69) is 36.1 Å². The fourth-order valence-corrected chi connectivity index (χ4v) is 3.73. The fourth-order valence-electron chi connectivity index (χ4n) is 3.73. The Morgan fingerprint density at radius 1 is 1.26 bits per heavy atom. The largest absolute Gasteiger partial charge is 0.329 e. The molecule has 19 heavy (non-hydrogen) atoms. The standard InChI is InChI=1S/C17H26N2/c1-2-14-6-5-11-19(14)17(12-18)16-8-4-3-7-15(16)13-9-10-13/h3-4,7-8,13-14,17H,2,5-6,9-12,18H2,1H3. The average molecular weight is 258 g/mol. The minimum atomic E-state index is 0.434. The topological polar surface area (TPSA) is 29.3 Å². The maximum atomic E-state index is 6.15. The summed E-state index contributed by atoms with van der Waals surface area (Å²) >= 11 is 0. The summed E-state index contributed by atoms with van der Waals surface area (Å²) in [6.45, 7) is 4.28. The molecule has 2 heteroatoms. The maximum absolute atomic E-state index is 6.15. The molecule has 2 fully saturated rings. The first-order valence-corrected chi connectivity index (χ1v) is 7.89. The molecule has 0 aromatic heterocycles. The van der Waals surface area contributed by atoms with E-state index in [1.165, 1.54) is 44.2 Å². The van der Waals surface area contributed by atoms with Crippen LogP contribution < -0.4 is 5.73 Å². The Morgan fingerprint density at radius 2 is 2.05 bits per heavy atom. The third kappa shape index (κ3) is 2.56. The van der Waals surface area contributed by atoms with E-state index >= 15 is 0 Å². The van der Waals surface area contributed by atoms with Crippen LogP contribution in [0.2, 0.25) is 0 Å². The molecule has 1 heterocycles. The Hall–Kier alpha value is -0.860. The average Bonchev–Trinajstić information content (AvgIpc) is 3.19. The van der Waals surface area contributed by atoms with E-state index in [9.17, 15) is 0 Å². The molecule has 1 aliphatic heterocycles. The summed E-state index contributed by atoms with van der Waals surface area (Å²) in [6, 6.07) is 10.2. The lowest BCUT2D eigenvalue weighted by molar-refractivity contribution is 0.179. The van der Waals surface area contributed by atoms with Crippen molar-refractivity contribution >= 4 is 0 Å². The third-order valence-corrected chi connectivity index (χ3v) is 4.89. The fraction of sp³-hybridized carbons (Fsp3) is 0.647. The molecule has 2 atom stereocenters. The molecule has 104 valence electrons. The van der Waals surface area contributed by atoms with Crippen LogP contribution in [0.25, 0.3) is 0 Å². The van der Waals surface area contributed by atoms with Crippen LogP contribution >= 0.6 is 0 Å². The molecule has 2 unspecified atom stereocenters. The number of likely N-dealkylation sites (tertiary alicyclic amines) is 1. The van der Waals surface area contributed by atoms with Crippen molar-refractivity contribution in [2.24, 2.45) is 5.73 Å². The van der Waals surface area contributed by atoms with Crippen LogP contribution in [0.4, 0.5) is 0 Å². The molecule has 1 saturated heterocycles. The summed E-state index contributed by atoms with van der Waals surface area (Å²) in [7, 11) is 0. The minimum Gasteiger partial charge on any atom is -0.329 e. The van der Waals surface area contributed by atoms with Gasteiger partial charge in [-0.3, -0.25) is 4.90 Å². The summed E-state index contributed by atoms with van der Waals surface area (Å²) in [5, 5.41) is 0. The van der Waals surface area contributed by atoms with Gasteiger partial charge < -0.3 is 5.73 Å². The van der Waals surface area contributed by atoms with E-state index in [0.29, 0.717) is 6.04 Å². The van der Waals surface area contributed by atoms with E-state index in [0.717, 1.165) is 18.5 Å². The summed E-state index contributed by atoms with van der Waals surface area (Å²) in [5.74, 6) is 0.813. The van der Waals surface area contributed by atoms with Crippen LogP contribution in [0.1, 0.15) is 62.1 Å². The molecular formula is C17H26N2. The van der Waals surface area contributed by atoms with Crippen molar-refractivity contribution in [2.75, 3.05) is 13.1 Å². The molecule has 2 aliphatic rings. The van der Waals surface area contributed by atoms with E-state index in [1.807, 2.05) is 0 Å². The third-order valence-electron chi connectivity index (χ3n) is 4.89. The van der Waals surface area contributed by atoms with Gasteiger partial charge in [-0.2, -0.15) is 0 Å². The summed E-state index contributed by atoms with van der Waals surface area (Å²) in [5.41, 5.74) is 9.23. The van der Waals surface area contributed by atoms with Crippen molar-refractivity contribution in [2.45, 2.75) is 57.0 Å². The molecule has 0 spiro atoms. The highest BCUT2D eigenvalue weighted by molar-refractivity contribution is 5.36. The van der Waals surface area contributed by atoms with Crippen LogP contribution in [0, 0.1) is 0 Å². The van der Waals surface area contributed by atoms with Crippen molar-refractivity contribution in [3.63, 3.8) is 0 Å². The molecule has 2 N–H and O–H groups in total. The van der Waals surface area contributed by atoms with Gasteiger partial charge in [-0.1, -0.05) is 31.2 Å². The highest BCUT2D eigenvalue weighted by Crippen LogP contribution is 2.44. The zero-order chi connectivity index (χ0) is 13.2. The van der Waals surface area contributed by atoms with Crippen LogP contribution in [0.5, 0.6) is 0 Å². The number of benzene rings is 1. The summed E-state index contributed by atoms with van der Waals surface area (Å²) < 4.78 is 0. The number of nitrogens with two attached hydrogens (primary N) is 1. The molecule has 1 aromatic rings. The van der Waals surface area contributed by atoms with Crippen molar-refractivity contribution < 1.29 is 0 Å². The first-order chi connectivity index (χ1) is 9.35. The SMILES string of the molecule is CCC1CCCN1C(CN)c1ccccc1C1CC1. The molecule has 1 saturated carbocycles. The van der Waals surface area contributed by atoms with Crippen LogP contribution in [0.3, 0.4) is 0 Å². The lowest BCUT2D eigenvalue weighted by atomic mass is 9.95. The minimum absolute atomic E-state index is 0.434. The Balaban J connectivity index is 1.89. The smallest absolute Gasteiger partial charge is 0.0476 e. The van der Waals surface area contributed by atoms with Gasteiger partial charge in [0, 0.05) is 18.6 Å². The number of hydrogen-bond donors (Lipinski definition) is 1. The van der Waals surface area contributed by atoms with Crippen LogP contribution in [-0.4, -0.2) is 24.0 Å². The van der Waals surface area contributed by atoms with E-state index in [1.54, 1.807) is 5.56 Å². The predicted molar refractivity (Wildman–Crippen MR) is 80.2 cm³/mol. The van der Waals surface area contributed by atoms with Gasteiger partial charge in [0.25, 0.3) is 0 Å². The zero-order valence-electron chi connectivity index (χ0n) is 12.0. The second-order valence-electron chi connectivity index (χ2n) is 6.10. The highest BCUT2D eigenvalue weighted by atomic mass is 15.2. The monoisotopic (exact) mass is 258 g/mol.